The van der Waals surface area contributed by atoms with Gasteiger partial charge in [0, 0.05) is 17.9 Å². The highest BCUT2D eigenvalue weighted by Gasteiger charge is 2.03. The third-order valence-corrected chi connectivity index (χ3v) is 2.79. The summed E-state index contributed by atoms with van der Waals surface area (Å²) >= 11 is 5.64. The topological polar surface area (TPSA) is 13.1 Å². The second-order valence-corrected chi connectivity index (χ2v) is 4.16. The van der Waals surface area contributed by atoms with Gasteiger partial charge in [-0.1, -0.05) is 30.3 Å². The van der Waals surface area contributed by atoms with Gasteiger partial charge in [-0.3, -0.25) is 0 Å². The molecule has 1 nitrogen and oxygen atoms in total. The van der Waals surface area contributed by atoms with Gasteiger partial charge in [0.2, 0.25) is 0 Å². The van der Waals surface area contributed by atoms with E-state index in [9.17, 15) is 0 Å². The molecule has 84 valence electrons. The lowest BCUT2D eigenvalue weighted by Crippen LogP contribution is -1.82. The molecular weight excluding hydrogens is 220 g/mol. The van der Waals surface area contributed by atoms with E-state index < -0.39 is 0 Å². The molecule has 0 aliphatic heterocycles. The van der Waals surface area contributed by atoms with Crippen LogP contribution in [0.2, 0.25) is 0 Å². The summed E-state index contributed by atoms with van der Waals surface area (Å²) in [5.41, 5.74) is 1.13. The number of halogens is 1. The molecular formula is C14H15ClO. The molecule has 0 N–H and O–H groups in total. The van der Waals surface area contributed by atoms with E-state index >= 15 is 0 Å². The van der Waals surface area contributed by atoms with Crippen molar-refractivity contribution in [2.45, 2.75) is 19.3 Å². The summed E-state index contributed by atoms with van der Waals surface area (Å²) in [6, 6.07) is 14.2. The van der Waals surface area contributed by atoms with Crippen LogP contribution in [-0.2, 0) is 6.42 Å². The number of rotatable bonds is 5. The molecule has 2 aromatic rings. The lowest BCUT2D eigenvalue weighted by Gasteiger charge is -1.97. The largest absolute Gasteiger partial charge is 0.461 e. The van der Waals surface area contributed by atoms with Crippen molar-refractivity contribution < 1.29 is 4.42 Å². The first kappa shape index (κ1) is 11.3. The predicted octanol–water partition coefficient (Wildman–Crippen LogP) is 4.51. The van der Waals surface area contributed by atoms with E-state index in [0.717, 1.165) is 42.2 Å². The first-order chi connectivity index (χ1) is 7.90. The van der Waals surface area contributed by atoms with Crippen molar-refractivity contribution in [1.29, 1.82) is 0 Å². The van der Waals surface area contributed by atoms with E-state index in [0.29, 0.717) is 0 Å². The van der Waals surface area contributed by atoms with E-state index in [1.54, 1.807) is 0 Å². The molecule has 0 radical (unpaired) electrons. The average molecular weight is 235 g/mol. The smallest absolute Gasteiger partial charge is 0.134 e. The van der Waals surface area contributed by atoms with Crippen LogP contribution in [0.4, 0.5) is 0 Å². The SMILES string of the molecule is ClCCCCc1ccc(-c2ccccc2)o1. The zero-order chi connectivity index (χ0) is 11.2. The van der Waals surface area contributed by atoms with Crippen LogP contribution in [0.15, 0.2) is 46.9 Å². The maximum Gasteiger partial charge on any atom is 0.134 e. The fourth-order valence-electron chi connectivity index (χ4n) is 1.66. The second-order valence-electron chi connectivity index (χ2n) is 3.78. The minimum absolute atomic E-state index is 0.728. The quantitative estimate of drug-likeness (QED) is 0.548. The fourth-order valence-corrected chi connectivity index (χ4v) is 1.85. The van der Waals surface area contributed by atoms with Crippen LogP contribution in [-0.4, -0.2) is 5.88 Å². The van der Waals surface area contributed by atoms with Crippen LogP contribution in [0.3, 0.4) is 0 Å². The summed E-state index contributed by atoms with van der Waals surface area (Å²) in [4.78, 5) is 0. The van der Waals surface area contributed by atoms with Gasteiger partial charge >= 0.3 is 0 Å². The van der Waals surface area contributed by atoms with Crippen LogP contribution in [0.1, 0.15) is 18.6 Å². The molecule has 0 spiro atoms. The maximum atomic E-state index is 5.77. The van der Waals surface area contributed by atoms with Crippen molar-refractivity contribution in [3.05, 3.63) is 48.2 Å². The summed E-state index contributed by atoms with van der Waals surface area (Å²) in [6.07, 6.45) is 3.10. The molecule has 0 bridgehead atoms. The van der Waals surface area contributed by atoms with E-state index in [4.69, 9.17) is 16.0 Å². The molecule has 0 atom stereocenters. The molecule has 1 aromatic heterocycles. The fraction of sp³-hybridized carbons (Fsp3) is 0.286. The highest BCUT2D eigenvalue weighted by atomic mass is 35.5. The van der Waals surface area contributed by atoms with Gasteiger partial charge in [0.15, 0.2) is 0 Å². The van der Waals surface area contributed by atoms with Crippen LogP contribution in [0.25, 0.3) is 11.3 Å². The zero-order valence-corrected chi connectivity index (χ0v) is 9.91. The Bertz CT molecular complexity index is 419. The molecule has 16 heavy (non-hydrogen) atoms. The van der Waals surface area contributed by atoms with Crippen molar-refractivity contribution in [3.63, 3.8) is 0 Å². The Morgan fingerprint density at radius 3 is 2.50 bits per heavy atom. The Balaban J connectivity index is 2.02. The number of furan rings is 1. The second kappa shape index (κ2) is 5.76. The van der Waals surface area contributed by atoms with E-state index in [1.165, 1.54) is 0 Å². The first-order valence-electron chi connectivity index (χ1n) is 5.60. The van der Waals surface area contributed by atoms with Gasteiger partial charge in [-0.05, 0) is 25.0 Å². The monoisotopic (exact) mass is 234 g/mol. The Morgan fingerprint density at radius 1 is 0.938 bits per heavy atom. The highest BCUT2D eigenvalue weighted by molar-refractivity contribution is 6.17. The molecule has 0 aliphatic rings. The van der Waals surface area contributed by atoms with E-state index in [-0.39, 0.29) is 0 Å². The maximum absolute atomic E-state index is 5.77. The molecule has 2 rings (SSSR count). The third-order valence-electron chi connectivity index (χ3n) is 2.53. The molecule has 0 aliphatic carbocycles. The standard InChI is InChI=1S/C14H15ClO/c15-11-5-4-8-13-9-10-14(16-13)12-6-2-1-3-7-12/h1-3,6-7,9-10H,4-5,8,11H2. The van der Waals surface area contributed by atoms with Gasteiger partial charge in [0.25, 0.3) is 0 Å². The summed E-state index contributed by atoms with van der Waals surface area (Å²) in [7, 11) is 0. The van der Waals surface area contributed by atoms with Crippen molar-refractivity contribution in [1.82, 2.24) is 0 Å². The molecule has 2 heteroatoms. The van der Waals surface area contributed by atoms with Gasteiger partial charge in [0.1, 0.15) is 11.5 Å². The van der Waals surface area contributed by atoms with Crippen LogP contribution < -0.4 is 0 Å². The van der Waals surface area contributed by atoms with E-state index in [1.807, 2.05) is 24.3 Å². The van der Waals surface area contributed by atoms with Gasteiger partial charge in [-0.25, -0.2) is 0 Å². The van der Waals surface area contributed by atoms with Gasteiger partial charge in [-0.2, -0.15) is 0 Å². The van der Waals surface area contributed by atoms with Gasteiger partial charge < -0.3 is 4.42 Å². The average Bonchev–Trinajstić information content (AvgIpc) is 2.79. The van der Waals surface area contributed by atoms with Crippen LogP contribution in [0, 0.1) is 0 Å². The van der Waals surface area contributed by atoms with Crippen molar-refractivity contribution in [2.24, 2.45) is 0 Å². The van der Waals surface area contributed by atoms with Crippen molar-refractivity contribution >= 4 is 11.6 Å². The Kier molecular flexibility index (Phi) is 4.06. The Labute approximate surface area is 101 Å². The molecule has 1 heterocycles. The molecule has 0 saturated carbocycles. The molecule has 0 unspecified atom stereocenters. The number of hydrogen-bond donors (Lipinski definition) is 0. The minimum Gasteiger partial charge on any atom is -0.461 e. The number of benzene rings is 1. The summed E-state index contributed by atoms with van der Waals surface area (Å²) in [5.74, 6) is 2.72. The van der Waals surface area contributed by atoms with Gasteiger partial charge in [0.05, 0.1) is 0 Å². The zero-order valence-electron chi connectivity index (χ0n) is 9.16. The summed E-state index contributed by atoms with van der Waals surface area (Å²) in [6.45, 7) is 0. The summed E-state index contributed by atoms with van der Waals surface area (Å²) in [5, 5.41) is 0. The lowest BCUT2D eigenvalue weighted by molar-refractivity contribution is 0.513. The molecule has 0 amide bonds. The van der Waals surface area contributed by atoms with E-state index in [2.05, 4.69) is 18.2 Å². The third kappa shape index (κ3) is 2.89. The lowest BCUT2D eigenvalue weighted by atomic mass is 10.2. The predicted molar refractivity (Wildman–Crippen MR) is 67.8 cm³/mol. The molecule has 0 fully saturated rings. The summed E-state index contributed by atoms with van der Waals surface area (Å²) < 4.78 is 5.77. The molecule has 1 aromatic carbocycles. The van der Waals surface area contributed by atoms with Crippen LogP contribution >= 0.6 is 11.6 Å². The number of hydrogen-bond acceptors (Lipinski definition) is 1. The number of aryl methyl sites for hydroxylation is 1. The number of alkyl halides is 1. The minimum atomic E-state index is 0.728. The molecule has 0 saturated heterocycles. The Hall–Kier alpha value is -1.21. The number of unbranched alkanes of at least 4 members (excludes halogenated alkanes) is 1. The van der Waals surface area contributed by atoms with Gasteiger partial charge in [-0.15, -0.1) is 11.6 Å². The Morgan fingerprint density at radius 2 is 1.75 bits per heavy atom. The van der Waals surface area contributed by atoms with Crippen molar-refractivity contribution in [2.75, 3.05) is 5.88 Å². The normalized spacial score (nSPS) is 10.6. The van der Waals surface area contributed by atoms with Crippen LogP contribution in [0.5, 0.6) is 0 Å². The van der Waals surface area contributed by atoms with Crippen molar-refractivity contribution in [3.8, 4) is 11.3 Å². The first-order valence-corrected chi connectivity index (χ1v) is 6.13. The highest BCUT2D eigenvalue weighted by Crippen LogP contribution is 2.22.